The van der Waals surface area contributed by atoms with Crippen LogP contribution >= 0.6 is 0 Å². The minimum absolute atomic E-state index is 0.0124. The van der Waals surface area contributed by atoms with E-state index >= 15 is 0 Å². The van der Waals surface area contributed by atoms with Gasteiger partial charge in [-0.3, -0.25) is 14.9 Å². The number of hydrogen-bond acceptors (Lipinski definition) is 4. The Labute approximate surface area is 106 Å². The van der Waals surface area contributed by atoms with Gasteiger partial charge in [0, 0.05) is 12.6 Å². The molecule has 7 nitrogen and oxygen atoms in total. The van der Waals surface area contributed by atoms with Crippen LogP contribution in [0.4, 0.5) is 4.79 Å². The Kier molecular flexibility index (Phi) is 4.28. The molecule has 0 aromatic carbocycles. The molecule has 1 rings (SSSR count). The molecule has 0 aromatic heterocycles. The van der Waals surface area contributed by atoms with E-state index in [4.69, 9.17) is 5.73 Å². The lowest BCUT2D eigenvalue weighted by molar-refractivity contribution is -0.127. The van der Waals surface area contributed by atoms with Crippen LogP contribution in [-0.2, 0) is 9.59 Å². The average Bonchev–Trinajstić information content (AvgIpc) is 2.41. The molecule has 0 saturated carbocycles. The molecule has 1 atom stereocenters. The number of urea groups is 1. The van der Waals surface area contributed by atoms with Crippen LogP contribution < -0.4 is 16.4 Å². The lowest BCUT2D eigenvalue weighted by Crippen LogP contribution is -2.49. The van der Waals surface area contributed by atoms with Crippen LogP contribution in [0.5, 0.6) is 0 Å². The van der Waals surface area contributed by atoms with Gasteiger partial charge in [-0.15, -0.1) is 0 Å². The standard InChI is InChI=1S/C11H20N4O3/c1-7(12)4-5-13-8(16)6-15-10(18)14-9(17)11(15,2)3/h7H,4-6,12H2,1-3H3,(H,13,16)(H,14,17,18). The molecule has 0 aliphatic carbocycles. The van der Waals surface area contributed by atoms with Crippen molar-refractivity contribution in [3.05, 3.63) is 0 Å². The van der Waals surface area contributed by atoms with Crippen molar-refractivity contribution >= 4 is 17.8 Å². The van der Waals surface area contributed by atoms with Crippen LogP contribution in [0.3, 0.4) is 0 Å². The van der Waals surface area contributed by atoms with Crippen LogP contribution in [0.1, 0.15) is 27.2 Å². The van der Waals surface area contributed by atoms with Crippen LogP contribution in [0, 0.1) is 0 Å². The first kappa shape index (κ1) is 14.4. The van der Waals surface area contributed by atoms with E-state index in [1.165, 1.54) is 4.90 Å². The fourth-order valence-electron chi connectivity index (χ4n) is 1.60. The molecule has 7 heteroatoms. The molecule has 102 valence electrons. The molecule has 1 unspecified atom stereocenters. The van der Waals surface area contributed by atoms with Crippen molar-refractivity contribution in [3.8, 4) is 0 Å². The zero-order valence-corrected chi connectivity index (χ0v) is 10.9. The molecule has 1 heterocycles. The summed E-state index contributed by atoms with van der Waals surface area (Å²) in [5, 5.41) is 4.85. The van der Waals surface area contributed by atoms with Crippen molar-refractivity contribution in [1.82, 2.24) is 15.5 Å². The number of imide groups is 1. The highest BCUT2D eigenvalue weighted by molar-refractivity contribution is 6.07. The number of rotatable bonds is 5. The number of nitrogens with one attached hydrogen (secondary N) is 2. The van der Waals surface area contributed by atoms with Crippen molar-refractivity contribution in [1.29, 1.82) is 0 Å². The molecule has 0 radical (unpaired) electrons. The smallest absolute Gasteiger partial charge is 0.325 e. The number of nitrogens with zero attached hydrogens (tertiary/aromatic N) is 1. The van der Waals surface area contributed by atoms with Gasteiger partial charge in [0.15, 0.2) is 0 Å². The van der Waals surface area contributed by atoms with Crippen molar-refractivity contribution in [2.45, 2.75) is 38.8 Å². The summed E-state index contributed by atoms with van der Waals surface area (Å²) in [4.78, 5) is 35.8. The van der Waals surface area contributed by atoms with Crippen molar-refractivity contribution < 1.29 is 14.4 Å². The third kappa shape index (κ3) is 3.19. The molecular formula is C11H20N4O3. The lowest BCUT2D eigenvalue weighted by Gasteiger charge is -2.27. The highest BCUT2D eigenvalue weighted by atomic mass is 16.2. The Morgan fingerprint density at radius 1 is 1.50 bits per heavy atom. The summed E-state index contributed by atoms with van der Waals surface area (Å²) in [6.07, 6.45) is 0.667. The number of nitrogens with two attached hydrogens (primary N) is 1. The van der Waals surface area contributed by atoms with Gasteiger partial charge in [-0.2, -0.15) is 0 Å². The number of amides is 4. The second-order valence-corrected chi connectivity index (χ2v) is 5.02. The Bertz CT molecular complexity index is 365. The Morgan fingerprint density at radius 2 is 2.11 bits per heavy atom. The number of carbonyl (C=O) groups is 3. The third-order valence-electron chi connectivity index (χ3n) is 2.92. The van der Waals surface area contributed by atoms with Gasteiger partial charge in [0.05, 0.1) is 0 Å². The van der Waals surface area contributed by atoms with E-state index in [2.05, 4.69) is 10.6 Å². The summed E-state index contributed by atoms with van der Waals surface area (Å²) >= 11 is 0. The molecule has 0 spiro atoms. The summed E-state index contributed by atoms with van der Waals surface area (Å²) in [6, 6.07) is -0.522. The molecule has 4 amide bonds. The van der Waals surface area contributed by atoms with E-state index in [1.807, 2.05) is 6.92 Å². The Balaban J connectivity index is 2.49. The molecule has 1 fully saturated rings. The van der Waals surface area contributed by atoms with Crippen molar-refractivity contribution in [3.63, 3.8) is 0 Å². The first-order valence-corrected chi connectivity index (χ1v) is 5.90. The van der Waals surface area contributed by atoms with E-state index < -0.39 is 17.5 Å². The summed E-state index contributed by atoms with van der Waals surface area (Å²) < 4.78 is 0. The largest absolute Gasteiger partial charge is 0.355 e. The van der Waals surface area contributed by atoms with Gasteiger partial charge in [0.1, 0.15) is 12.1 Å². The van der Waals surface area contributed by atoms with Gasteiger partial charge in [0.2, 0.25) is 5.91 Å². The second-order valence-electron chi connectivity index (χ2n) is 5.02. The van der Waals surface area contributed by atoms with E-state index in [0.717, 1.165) is 0 Å². The molecule has 0 aromatic rings. The fraction of sp³-hybridized carbons (Fsp3) is 0.727. The first-order chi connectivity index (χ1) is 8.25. The molecule has 1 saturated heterocycles. The quantitative estimate of drug-likeness (QED) is 0.558. The Hall–Kier alpha value is -1.63. The van der Waals surface area contributed by atoms with Gasteiger partial charge in [-0.1, -0.05) is 0 Å². The monoisotopic (exact) mass is 256 g/mol. The summed E-state index contributed by atoms with van der Waals surface area (Å²) in [6.45, 7) is 5.37. The number of hydrogen-bond donors (Lipinski definition) is 3. The van der Waals surface area contributed by atoms with E-state index in [0.29, 0.717) is 13.0 Å². The van der Waals surface area contributed by atoms with Gasteiger partial charge < -0.3 is 16.0 Å². The SMILES string of the molecule is CC(N)CCNC(=O)CN1C(=O)NC(=O)C1(C)C. The van der Waals surface area contributed by atoms with Gasteiger partial charge in [-0.05, 0) is 27.2 Å². The number of carbonyl (C=O) groups excluding carboxylic acids is 3. The normalized spacial score (nSPS) is 19.7. The predicted octanol–water partition coefficient (Wildman–Crippen LogP) is -0.830. The van der Waals surface area contributed by atoms with Crippen molar-refractivity contribution in [2.24, 2.45) is 5.73 Å². The summed E-state index contributed by atoms with van der Waals surface area (Å²) in [7, 11) is 0. The summed E-state index contributed by atoms with van der Waals surface area (Å²) in [5.41, 5.74) is 4.56. The minimum Gasteiger partial charge on any atom is -0.355 e. The molecule has 18 heavy (non-hydrogen) atoms. The average molecular weight is 256 g/mol. The highest BCUT2D eigenvalue weighted by Crippen LogP contribution is 2.19. The highest BCUT2D eigenvalue weighted by Gasteiger charge is 2.46. The van der Waals surface area contributed by atoms with E-state index in [-0.39, 0.29) is 18.5 Å². The minimum atomic E-state index is -0.990. The second kappa shape index (κ2) is 5.34. The maximum atomic E-state index is 11.6. The van der Waals surface area contributed by atoms with Crippen LogP contribution in [0.15, 0.2) is 0 Å². The van der Waals surface area contributed by atoms with Crippen LogP contribution in [-0.4, -0.2) is 47.4 Å². The maximum absolute atomic E-state index is 11.6. The lowest BCUT2D eigenvalue weighted by atomic mass is 10.0. The fourth-order valence-corrected chi connectivity index (χ4v) is 1.60. The predicted molar refractivity (Wildman–Crippen MR) is 65.6 cm³/mol. The zero-order valence-electron chi connectivity index (χ0n) is 10.9. The van der Waals surface area contributed by atoms with Gasteiger partial charge in [-0.25, -0.2) is 4.79 Å². The molecule has 1 aliphatic heterocycles. The molecular weight excluding hydrogens is 236 g/mol. The van der Waals surface area contributed by atoms with E-state index in [9.17, 15) is 14.4 Å². The van der Waals surface area contributed by atoms with Crippen LogP contribution in [0.2, 0.25) is 0 Å². The van der Waals surface area contributed by atoms with E-state index in [1.54, 1.807) is 13.8 Å². The third-order valence-corrected chi connectivity index (χ3v) is 2.92. The van der Waals surface area contributed by atoms with Crippen LogP contribution in [0.25, 0.3) is 0 Å². The van der Waals surface area contributed by atoms with Gasteiger partial charge >= 0.3 is 6.03 Å². The molecule has 1 aliphatic rings. The first-order valence-electron chi connectivity index (χ1n) is 5.90. The summed E-state index contributed by atoms with van der Waals surface area (Å²) in [5.74, 6) is -0.690. The zero-order chi connectivity index (χ0) is 13.9. The molecule has 4 N–H and O–H groups in total. The maximum Gasteiger partial charge on any atom is 0.325 e. The Morgan fingerprint density at radius 3 is 2.56 bits per heavy atom. The molecule has 0 bridgehead atoms. The van der Waals surface area contributed by atoms with Crippen molar-refractivity contribution in [2.75, 3.05) is 13.1 Å². The van der Waals surface area contributed by atoms with Gasteiger partial charge in [0.25, 0.3) is 5.91 Å². The topological polar surface area (TPSA) is 105 Å².